The number of aromatic nitrogens is 1. The molecule has 1 saturated heterocycles. The largest absolute Gasteiger partial charge is 0.369 e. The van der Waals surface area contributed by atoms with Crippen molar-refractivity contribution in [1.29, 1.82) is 0 Å². The molecule has 0 bridgehead atoms. The van der Waals surface area contributed by atoms with Crippen LogP contribution >= 0.6 is 0 Å². The SMILES string of the molecule is C=C(c1cc(CC(C)C)c(NC(=O)NCCc2c[nH]c3ccccc23)cc1CC)N1CCNCC1.CC.CCC.Cc1ccccc1. The molecule has 0 aliphatic carbocycles. The third-order valence-corrected chi connectivity index (χ3v) is 7.69. The summed E-state index contributed by atoms with van der Waals surface area (Å²) in [5, 5.41) is 10.8. The summed E-state index contributed by atoms with van der Waals surface area (Å²) in [6, 6.07) is 22.8. The van der Waals surface area contributed by atoms with Crippen LogP contribution in [0.4, 0.5) is 10.5 Å². The molecule has 0 radical (unpaired) electrons. The summed E-state index contributed by atoms with van der Waals surface area (Å²) in [7, 11) is 0. The molecule has 1 aliphatic rings. The number of urea groups is 1. The number of benzene rings is 3. The monoisotopic (exact) mass is 639 g/mol. The highest BCUT2D eigenvalue weighted by molar-refractivity contribution is 5.91. The van der Waals surface area contributed by atoms with Gasteiger partial charge in [0.25, 0.3) is 0 Å². The second-order valence-electron chi connectivity index (χ2n) is 12.2. The maximum Gasteiger partial charge on any atom is 0.319 e. The van der Waals surface area contributed by atoms with Gasteiger partial charge in [0, 0.05) is 66.8 Å². The van der Waals surface area contributed by atoms with Gasteiger partial charge in [-0.3, -0.25) is 0 Å². The number of anilines is 1. The van der Waals surface area contributed by atoms with Crippen LogP contribution in [0.2, 0.25) is 0 Å². The normalized spacial score (nSPS) is 12.1. The van der Waals surface area contributed by atoms with Crippen LogP contribution in [0.1, 0.15) is 82.7 Å². The molecule has 5 rings (SSSR count). The molecule has 2 amide bonds. The van der Waals surface area contributed by atoms with Crippen molar-refractivity contribution in [2.75, 3.05) is 38.0 Å². The van der Waals surface area contributed by atoms with Gasteiger partial charge in [-0.25, -0.2) is 4.79 Å². The predicted molar refractivity (Wildman–Crippen MR) is 205 cm³/mol. The number of carbonyl (C=O) groups excluding carboxylic acids is 1. The fourth-order valence-corrected chi connectivity index (χ4v) is 5.43. The predicted octanol–water partition coefficient (Wildman–Crippen LogP) is 9.61. The highest BCUT2D eigenvalue weighted by Gasteiger charge is 2.19. The van der Waals surface area contributed by atoms with Crippen molar-refractivity contribution in [3.8, 4) is 0 Å². The standard InChI is InChI=1S/C29H39N5O.C7H8.C3H8.C2H6/c1-5-22-18-28(24(16-20(2)3)17-26(22)21(4)34-14-12-30-13-15-34)33-29(35)31-11-10-23-19-32-27-9-7-6-8-25(23)27;1-7-5-3-2-4-6-7;1-3-2;1-2/h6-9,17-20,30,32H,4-5,10-16H2,1-3H3,(H2,31,33,35);2-6H,1H3;3H2,1-2H3;1-2H3. The first kappa shape index (κ1) is 39.1. The number of aromatic amines is 1. The molecule has 3 aromatic carbocycles. The number of hydrogen-bond acceptors (Lipinski definition) is 3. The van der Waals surface area contributed by atoms with Gasteiger partial charge in [-0.1, -0.05) is 116 Å². The second kappa shape index (κ2) is 21.7. The van der Waals surface area contributed by atoms with Crippen molar-refractivity contribution < 1.29 is 4.79 Å². The number of aryl methyl sites for hydroxylation is 2. The number of para-hydroxylation sites is 1. The summed E-state index contributed by atoms with van der Waals surface area (Å²) in [5.74, 6) is 0.480. The van der Waals surface area contributed by atoms with Crippen molar-refractivity contribution in [2.24, 2.45) is 5.92 Å². The minimum Gasteiger partial charge on any atom is -0.369 e. The Bertz CT molecular complexity index is 1470. The van der Waals surface area contributed by atoms with Crippen LogP contribution < -0.4 is 16.0 Å². The van der Waals surface area contributed by atoms with Crippen molar-refractivity contribution in [2.45, 2.75) is 81.1 Å². The van der Waals surface area contributed by atoms with E-state index in [4.69, 9.17) is 0 Å². The minimum atomic E-state index is -0.161. The minimum absolute atomic E-state index is 0.161. The lowest BCUT2D eigenvalue weighted by atomic mass is 9.93. The van der Waals surface area contributed by atoms with Crippen molar-refractivity contribution in [3.05, 3.63) is 107 Å². The topological polar surface area (TPSA) is 72.2 Å². The van der Waals surface area contributed by atoms with Gasteiger partial charge in [-0.2, -0.15) is 0 Å². The second-order valence-corrected chi connectivity index (χ2v) is 12.2. The van der Waals surface area contributed by atoms with E-state index in [1.54, 1.807) is 0 Å². The van der Waals surface area contributed by atoms with E-state index < -0.39 is 0 Å². The lowest BCUT2D eigenvalue weighted by molar-refractivity contribution is 0.252. The van der Waals surface area contributed by atoms with Crippen LogP contribution in [-0.2, 0) is 19.3 Å². The lowest BCUT2D eigenvalue weighted by Crippen LogP contribution is -2.42. The molecule has 6 heteroatoms. The third kappa shape index (κ3) is 12.9. The maximum atomic E-state index is 12.8. The zero-order chi connectivity index (χ0) is 34.6. The Labute approximate surface area is 285 Å². The van der Waals surface area contributed by atoms with Gasteiger partial charge in [0.1, 0.15) is 0 Å². The van der Waals surface area contributed by atoms with Gasteiger partial charge < -0.3 is 25.8 Å². The first-order valence-corrected chi connectivity index (χ1v) is 17.7. The average molecular weight is 640 g/mol. The number of H-pyrrole nitrogens is 1. The molecule has 0 unspecified atom stereocenters. The van der Waals surface area contributed by atoms with Gasteiger partial charge in [0.2, 0.25) is 0 Å². The van der Waals surface area contributed by atoms with Crippen LogP contribution in [0.3, 0.4) is 0 Å². The number of hydrogen-bond donors (Lipinski definition) is 4. The molecule has 0 atom stereocenters. The van der Waals surface area contributed by atoms with Gasteiger partial charge in [-0.15, -0.1) is 0 Å². The smallest absolute Gasteiger partial charge is 0.319 e. The summed E-state index contributed by atoms with van der Waals surface area (Å²) < 4.78 is 0. The van der Waals surface area contributed by atoms with E-state index in [2.05, 4.69) is 110 Å². The summed E-state index contributed by atoms with van der Waals surface area (Å²) in [6.45, 7) is 25.9. The number of piperazine rings is 1. The zero-order valence-corrected chi connectivity index (χ0v) is 30.4. The number of nitrogens with zero attached hydrogens (tertiary/aromatic N) is 1. The molecule has 1 fully saturated rings. The number of nitrogens with one attached hydrogen (secondary N) is 4. The molecule has 2 heterocycles. The molecule has 0 spiro atoms. The Morgan fingerprint density at radius 2 is 1.55 bits per heavy atom. The molecule has 1 aromatic heterocycles. The molecular formula is C41H61N5O. The average Bonchev–Trinajstić information content (AvgIpc) is 3.50. The molecule has 1 aliphatic heterocycles. The first-order valence-electron chi connectivity index (χ1n) is 17.7. The first-order chi connectivity index (χ1) is 22.8. The summed E-state index contributed by atoms with van der Waals surface area (Å²) in [5.41, 5.74) is 9.23. The Kier molecular flexibility index (Phi) is 18.1. The number of fused-ring (bicyclic) bond motifs is 1. The zero-order valence-electron chi connectivity index (χ0n) is 30.4. The molecular weight excluding hydrogens is 578 g/mol. The van der Waals surface area contributed by atoms with Gasteiger partial charge in [0.15, 0.2) is 0 Å². The van der Waals surface area contributed by atoms with E-state index in [-0.39, 0.29) is 6.03 Å². The highest BCUT2D eigenvalue weighted by Crippen LogP contribution is 2.30. The number of rotatable bonds is 9. The number of amides is 2. The Morgan fingerprint density at radius 1 is 0.915 bits per heavy atom. The van der Waals surface area contributed by atoms with Gasteiger partial charge in [-0.05, 0) is 67.0 Å². The molecule has 4 N–H and O–H groups in total. The van der Waals surface area contributed by atoms with Gasteiger partial charge in [0.05, 0.1) is 0 Å². The van der Waals surface area contributed by atoms with E-state index in [0.717, 1.165) is 67.9 Å². The van der Waals surface area contributed by atoms with Crippen molar-refractivity contribution in [1.82, 2.24) is 20.5 Å². The van der Waals surface area contributed by atoms with E-state index in [0.29, 0.717) is 12.5 Å². The fourth-order valence-electron chi connectivity index (χ4n) is 5.43. The quantitative estimate of drug-likeness (QED) is 0.147. The van der Waals surface area contributed by atoms with Crippen molar-refractivity contribution >= 4 is 28.3 Å². The van der Waals surface area contributed by atoms with E-state index in [1.165, 1.54) is 34.1 Å². The molecule has 47 heavy (non-hydrogen) atoms. The van der Waals surface area contributed by atoms with E-state index in [9.17, 15) is 4.79 Å². The highest BCUT2D eigenvalue weighted by atomic mass is 16.2. The fraction of sp³-hybridized carbons (Fsp3) is 0.439. The Balaban J connectivity index is 0.000000545. The third-order valence-electron chi connectivity index (χ3n) is 7.69. The Hall–Kier alpha value is -4.03. The van der Waals surface area contributed by atoms with E-state index in [1.807, 2.05) is 50.4 Å². The van der Waals surface area contributed by atoms with Crippen molar-refractivity contribution in [3.63, 3.8) is 0 Å². The van der Waals surface area contributed by atoms with Crippen LogP contribution in [-0.4, -0.2) is 48.6 Å². The van der Waals surface area contributed by atoms with Crippen LogP contribution in [0.25, 0.3) is 16.6 Å². The maximum absolute atomic E-state index is 12.8. The van der Waals surface area contributed by atoms with Crippen LogP contribution in [0, 0.1) is 12.8 Å². The molecule has 256 valence electrons. The van der Waals surface area contributed by atoms with Crippen LogP contribution in [0.5, 0.6) is 0 Å². The van der Waals surface area contributed by atoms with E-state index >= 15 is 0 Å². The molecule has 6 nitrogen and oxygen atoms in total. The Morgan fingerprint density at radius 3 is 2.15 bits per heavy atom. The summed E-state index contributed by atoms with van der Waals surface area (Å²) in [4.78, 5) is 18.5. The summed E-state index contributed by atoms with van der Waals surface area (Å²) in [6.07, 6.45) is 5.85. The van der Waals surface area contributed by atoms with Gasteiger partial charge >= 0.3 is 6.03 Å². The number of carbonyl (C=O) groups is 1. The lowest BCUT2D eigenvalue weighted by Gasteiger charge is -2.32. The summed E-state index contributed by atoms with van der Waals surface area (Å²) >= 11 is 0. The molecule has 4 aromatic rings. The molecule has 0 saturated carbocycles. The van der Waals surface area contributed by atoms with Crippen LogP contribution in [0.15, 0.2) is 79.5 Å².